The number of hydrogen-bond acceptors (Lipinski definition) is 5. The van der Waals surface area contributed by atoms with Crippen molar-refractivity contribution in [1.82, 2.24) is 4.57 Å². The van der Waals surface area contributed by atoms with E-state index in [4.69, 9.17) is 26.8 Å². The van der Waals surface area contributed by atoms with Gasteiger partial charge in [-0.1, -0.05) is 11.6 Å². The Morgan fingerprint density at radius 3 is 2.41 bits per heavy atom. The summed E-state index contributed by atoms with van der Waals surface area (Å²) in [4.78, 5) is 25.1. The van der Waals surface area contributed by atoms with E-state index in [1.54, 1.807) is 47.9 Å². The molecule has 1 heterocycles. The standard InChI is InChI=1S/C20H19ClN2O4/c1-11-14(9-19(24)27-3)15-8-18(26-2)16(22)10-17(15)23(11)20(25)12-4-6-13(21)7-5-12/h4-8,10H,9,22H2,1-3H3. The number of carbonyl (C=O) groups excluding carboxylic acids is 2. The molecule has 3 rings (SSSR count). The summed E-state index contributed by atoms with van der Waals surface area (Å²) in [6, 6.07) is 10.0. The number of anilines is 1. The molecule has 0 spiro atoms. The summed E-state index contributed by atoms with van der Waals surface area (Å²) < 4.78 is 11.6. The topological polar surface area (TPSA) is 83.5 Å². The fraction of sp³-hybridized carbons (Fsp3) is 0.200. The van der Waals surface area contributed by atoms with Crippen LogP contribution in [0.15, 0.2) is 36.4 Å². The maximum absolute atomic E-state index is 13.2. The van der Waals surface area contributed by atoms with Crippen LogP contribution < -0.4 is 10.5 Å². The number of nitrogens with two attached hydrogens (primary N) is 1. The molecule has 3 aromatic rings. The minimum Gasteiger partial charge on any atom is -0.495 e. The highest BCUT2D eigenvalue weighted by Gasteiger charge is 2.23. The van der Waals surface area contributed by atoms with Crippen LogP contribution in [0.5, 0.6) is 5.75 Å². The number of methoxy groups -OCH3 is 2. The number of rotatable bonds is 4. The van der Waals surface area contributed by atoms with E-state index in [1.165, 1.54) is 14.2 Å². The largest absolute Gasteiger partial charge is 0.495 e. The minimum absolute atomic E-state index is 0.0345. The van der Waals surface area contributed by atoms with Crippen molar-refractivity contribution >= 4 is 40.1 Å². The predicted molar refractivity (Wildman–Crippen MR) is 105 cm³/mol. The van der Waals surface area contributed by atoms with E-state index < -0.39 is 5.97 Å². The summed E-state index contributed by atoms with van der Waals surface area (Å²) in [5, 5.41) is 1.26. The number of hydrogen-bond donors (Lipinski definition) is 1. The molecule has 0 amide bonds. The molecule has 0 aliphatic carbocycles. The average Bonchev–Trinajstić information content (AvgIpc) is 2.91. The van der Waals surface area contributed by atoms with Crippen LogP contribution in [0.1, 0.15) is 21.6 Å². The molecule has 1 aromatic heterocycles. The van der Waals surface area contributed by atoms with Crippen LogP contribution in [0.25, 0.3) is 10.9 Å². The van der Waals surface area contributed by atoms with Gasteiger partial charge in [0.1, 0.15) is 5.75 Å². The maximum Gasteiger partial charge on any atom is 0.310 e. The smallest absolute Gasteiger partial charge is 0.310 e. The third kappa shape index (κ3) is 3.36. The third-order valence-corrected chi connectivity index (χ3v) is 4.78. The van der Waals surface area contributed by atoms with Gasteiger partial charge in [0, 0.05) is 21.7 Å². The number of ether oxygens (including phenoxy) is 2. The van der Waals surface area contributed by atoms with Gasteiger partial charge >= 0.3 is 5.97 Å². The van der Waals surface area contributed by atoms with Gasteiger partial charge in [-0.25, -0.2) is 0 Å². The van der Waals surface area contributed by atoms with Crippen molar-refractivity contribution in [3.8, 4) is 5.75 Å². The minimum atomic E-state index is -0.396. The molecule has 0 radical (unpaired) electrons. The quantitative estimate of drug-likeness (QED) is 0.547. The van der Waals surface area contributed by atoms with Crippen LogP contribution in [0.2, 0.25) is 5.02 Å². The van der Waals surface area contributed by atoms with E-state index in [1.807, 2.05) is 0 Å². The predicted octanol–water partition coefficient (Wildman–Crippen LogP) is 3.60. The molecule has 0 bridgehead atoms. The Morgan fingerprint density at radius 2 is 1.81 bits per heavy atom. The SMILES string of the molecule is COC(=O)Cc1c(C)n(C(=O)c2ccc(Cl)cc2)c2cc(N)c(OC)cc12. The highest BCUT2D eigenvalue weighted by Crippen LogP contribution is 2.34. The first kappa shape index (κ1) is 18.8. The molecule has 2 N–H and O–H groups in total. The molecular weight excluding hydrogens is 368 g/mol. The van der Waals surface area contributed by atoms with Gasteiger partial charge in [0.25, 0.3) is 5.91 Å². The van der Waals surface area contributed by atoms with Gasteiger partial charge in [0.2, 0.25) is 0 Å². The van der Waals surface area contributed by atoms with E-state index in [2.05, 4.69) is 0 Å². The van der Waals surface area contributed by atoms with E-state index in [-0.39, 0.29) is 12.3 Å². The number of fused-ring (bicyclic) bond motifs is 1. The number of esters is 1. The van der Waals surface area contributed by atoms with Gasteiger partial charge in [-0.05, 0) is 48.9 Å². The Kier molecular flexibility index (Phi) is 5.10. The van der Waals surface area contributed by atoms with Gasteiger partial charge in [-0.2, -0.15) is 0 Å². The molecule has 0 aliphatic rings. The Morgan fingerprint density at radius 1 is 1.15 bits per heavy atom. The van der Waals surface area contributed by atoms with Crippen molar-refractivity contribution in [2.24, 2.45) is 0 Å². The van der Waals surface area contributed by atoms with Crippen LogP contribution >= 0.6 is 11.6 Å². The highest BCUT2D eigenvalue weighted by atomic mass is 35.5. The number of carbonyl (C=O) groups is 2. The van der Waals surface area contributed by atoms with Crippen molar-refractivity contribution in [2.45, 2.75) is 13.3 Å². The molecule has 0 aliphatic heterocycles. The monoisotopic (exact) mass is 386 g/mol. The summed E-state index contributed by atoms with van der Waals surface area (Å²) in [7, 11) is 2.84. The second kappa shape index (κ2) is 7.32. The number of aromatic nitrogens is 1. The lowest BCUT2D eigenvalue weighted by molar-refractivity contribution is -0.139. The van der Waals surface area contributed by atoms with Gasteiger partial charge < -0.3 is 15.2 Å². The summed E-state index contributed by atoms with van der Waals surface area (Å²) in [5.41, 5.74) is 8.86. The first-order valence-electron chi connectivity index (χ1n) is 8.21. The molecule has 0 atom stereocenters. The molecule has 0 saturated carbocycles. The zero-order chi connectivity index (χ0) is 19.7. The Hall–Kier alpha value is -2.99. The van der Waals surface area contributed by atoms with Crippen LogP contribution in [0.4, 0.5) is 5.69 Å². The van der Waals surface area contributed by atoms with Gasteiger partial charge in [0.15, 0.2) is 0 Å². The Bertz CT molecular complexity index is 1040. The van der Waals surface area contributed by atoms with E-state index in [0.717, 1.165) is 0 Å². The molecule has 7 heteroatoms. The molecule has 27 heavy (non-hydrogen) atoms. The average molecular weight is 387 g/mol. The molecular formula is C20H19ClN2O4. The Balaban J connectivity index is 2.26. The van der Waals surface area contributed by atoms with Crippen molar-refractivity contribution < 1.29 is 19.1 Å². The van der Waals surface area contributed by atoms with Crippen molar-refractivity contribution in [3.05, 3.63) is 58.2 Å². The van der Waals surface area contributed by atoms with Crippen molar-refractivity contribution in [2.75, 3.05) is 20.0 Å². The lowest BCUT2D eigenvalue weighted by Gasteiger charge is -2.09. The fourth-order valence-corrected chi connectivity index (χ4v) is 3.25. The zero-order valence-corrected chi connectivity index (χ0v) is 16.0. The molecule has 0 unspecified atom stereocenters. The Labute approximate surface area is 161 Å². The fourth-order valence-electron chi connectivity index (χ4n) is 3.12. The van der Waals surface area contributed by atoms with Gasteiger partial charge in [-0.3, -0.25) is 14.2 Å². The van der Waals surface area contributed by atoms with Crippen LogP contribution in [0, 0.1) is 6.92 Å². The highest BCUT2D eigenvalue weighted by molar-refractivity contribution is 6.30. The number of nitrogen functional groups attached to an aromatic ring is 1. The lowest BCUT2D eigenvalue weighted by atomic mass is 10.1. The summed E-state index contributed by atoms with van der Waals surface area (Å²) >= 11 is 5.92. The summed E-state index contributed by atoms with van der Waals surface area (Å²) in [5.74, 6) is -0.161. The zero-order valence-electron chi connectivity index (χ0n) is 15.2. The third-order valence-electron chi connectivity index (χ3n) is 4.53. The first-order chi connectivity index (χ1) is 12.9. The lowest BCUT2D eigenvalue weighted by Crippen LogP contribution is -2.14. The molecule has 140 valence electrons. The van der Waals surface area contributed by atoms with E-state index in [0.29, 0.717) is 44.2 Å². The van der Waals surface area contributed by atoms with Crippen LogP contribution in [-0.4, -0.2) is 30.7 Å². The first-order valence-corrected chi connectivity index (χ1v) is 8.59. The van der Waals surface area contributed by atoms with Crippen molar-refractivity contribution in [3.63, 3.8) is 0 Å². The molecule has 2 aromatic carbocycles. The van der Waals surface area contributed by atoms with Crippen LogP contribution in [0.3, 0.4) is 0 Å². The number of nitrogens with zero attached hydrogens (tertiary/aromatic N) is 1. The second-order valence-electron chi connectivity index (χ2n) is 6.08. The normalized spacial score (nSPS) is 10.8. The number of benzene rings is 2. The molecule has 6 nitrogen and oxygen atoms in total. The van der Waals surface area contributed by atoms with E-state index in [9.17, 15) is 9.59 Å². The number of halogens is 1. The second-order valence-corrected chi connectivity index (χ2v) is 6.51. The summed E-state index contributed by atoms with van der Waals surface area (Å²) in [6.45, 7) is 1.79. The summed E-state index contributed by atoms with van der Waals surface area (Å²) in [6.07, 6.45) is 0.0345. The van der Waals surface area contributed by atoms with Gasteiger partial charge in [0.05, 0.1) is 31.8 Å². The molecule has 0 fully saturated rings. The maximum atomic E-state index is 13.2. The van der Waals surface area contributed by atoms with Crippen LogP contribution in [-0.2, 0) is 16.0 Å². The molecule has 0 saturated heterocycles. The van der Waals surface area contributed by atoms with Gasteiger partial charge in [-0.15, -0.1) is 0 Å². The van der Waals surface area contributed by atoms with E-state index >= 15 is 0 Å². The van der Waals surface area contributed by atoms with Crippen molar-refractivity contribution in [1.29, 1.82) is 0 Å².